The molecule has 3 amide bonds. The Morgan fingerprint density at radius 2 is 1.77 bits per heavy atom. The molecule has 156 valence electrons. The van der Waals surface area contributed by atoms with Gasteiger partial charge in [-0.1, -0.05) is 29.5 Å². The van der Waals surface area contributed by atoms with E-state index in [1.54, 1.807) is 19.1 Å². The number of rotatable bonds is 5. The first kappa shape index (κ1) is 20.4. The number of carbonyl (C=O) groups excluding carboxylic acids is 4. The third-order valence-electron chi connectivity index (χ3n) is 4.58. The number of anilines is 2. The largest absolute Gasteiger partial charge is 0.452 e. The molecule has 9 nitrogen and oxygen atoms in total. The fourth-order valence-electron chi connectivity index (χ4n) is 3.03. The van der Waals surface area contributed by atoms with Crippen molar-refractivity contribution in [3.05, 3.63) is 69.7 Å². The van der Waals surface area contributed by atoms with Crippen molar-refractivity contribution >= 4 is 45.8 Å². The number of benzene rings is 2. The second kappa shape index (κ2) is 8.07. The van der Waals surface area contributed by atoms with E-state index in [2.05, 4.69) is 15.5 Å². The number of para-hydroxylation sites is 1. The third kappa shape index (κ3) is 3.92. The van der Waals surface area contributed by atoms with Crippen LogP contribution in [0.15, 0.2) is 42.5 Å². The average molecular weight is 436 g/mol. The number of carbonyl (C=O) groups is 4. The van der Waals surface area contributed by atoms with Gasteiger partial charge in [0.25, 0.3) is 17.7 Å². The maximum Gasteiger partial charge on any atom is 0.338 e. The first-order valence-electron chi connectivity index (χ1n) is 9.20. The van der Waals surface area contributed by atoms with Crippen molar-refractivity contribution in [2.45, 2.75) is 13.8 Å². The van der Waals surface area contributed by atoms with Gasteiger partial charge < -0.3 is 10.1 Å². The molecule has 1 aromatic heterocycles. The van der Waals surface area contributed by atoms with Gasteiger partial charge in [0.15, 0.2) is 6.61 Å². The minimum atomic E-state index is -0.784. The lowest BCUT2D eigenvalue weighted by molar-refractivity contribution is -0.119. The molecule has 1 N–H and O–H groups in total. The van der Waals surface area contributed by atoms with E-state index in [4.69, 9.17) is 4.74 Å². The van der Waals surface area contributed by atoms with Crippen LogP contribution in [0, 0.1) is 13.8 Å². The number of imide groups is 1. The highest BCUT2D eigenvalue weighted by molar-refractivity contribution is 7.15. The summed E-state index contributed by atoms with van der Waals surface area (Å²) in [5, 5.41) is 11.1. The van der Waals surface area contributed by atoms with E-state index in [-0.39, 0.29) is 21.8 Å². The summed E-state index contributed by atoms with van der Waals surface area (Å²) in [6.07, 6.45) is 0. The van der Waals surface area contributed by atoms with E-state index >= 15 is 0 Å². The van der Waals surface area contributed by atoms with E-state index < -0.39 is 30.3 Å². The molecule has 0 fully saturated rings. The van der Waals surface area contributed by atoms with E-state index in [0.29, 0.717) is 10.7 Å². The highest BCUT2D eigenvalue weighted by Crippen LogP contribution is 2.31. The molecule has 2 aromatic carbocycles. The molecule has 2 heterocycles. The van der Waals surface area contributed by atoms with Crippen LogP contribution >= 0.6 is 11.3 Å². The van der Waals surface area contributed by atoms with E-state index in [0.717, 1.165) is 21.8 Å². The number of aromatic nitrogens is 2. The molecule has 31 heavy (non-hydrogen) atoms. The molecule has 0 unspecified atom stereocenters. The number of nitrogens with one attached hydrogen (secondary N) is 1. The highest BCUT2D eigenvalue weighted by atomic mass is 32.1. The fraction of sp³-hybridized carbons (Fsp3) is 0.143. The number of aryl methyl sites for hydroxylation is 2. The molecule has 10 heteroatoms. The summed E-state index contributed by atoms with van der Waals surface area (Å²) in [5.41, 5.74) is 1.78. The predicted octanol–water partition coefficient (Wildman–Crippen LogP) is 2.75. The lowest BCUT2D eigenvalue weighted by Gasteiger charge is -2.09. The number of ether oxygens (including phenoxy) is 1. The number of amides is 3. The Balaban J connectivity index is 1.45. The van der Waals surface area contributed by atoms with Crippen molar-refractivity contribution < 1.29 is 23.9 Å². The summed E-state index contributed by atoms with van der Waals surface area (Å²) >= 11 is 1.11. The fourth-order valence-corrected chi connectivity index (χ4v) is 3.72. The highest BCUT2D eigenvalue weighted by Gasteiger charge is 2.39. The maximum atomic E-state index is 12.7. The lowest BCUT2D eigenvalue weighted by atomic mass is 10.1. The van der Waals surface area contributed by atoms with Crippen LogP contribution in [0.25, 0.3) is 0 Å². The van der Waals surface area contributed by atoms with E-state index in [1.165, 1.54) is 18.2 Å². The van der Waals surface area contributed by atoms with Gasteiger partial charge in [0, 0.05) is 5.69 Å². The van der Waals surface area contributed by atoms with Crippen molar-refractivity contribution in [3.63, 3.8) is 0 Å². The minimum Gasteiger partial charge on any atom is -0.452 e. The zero-order valence-corrected chi connectivity index (χ0v) is 17.4. The zero-order valence-electron chi connectivity index (χ0n) is 16.5. The van der Waals surface area contributed by atoms with Gasteiger partial charge in [0.2, 0.25) is 5.13 Å². The summed E-state index contributed by atoms with van der Waals surface area (Å²) in [5.74, 6) is -2.40. The van der Waals surface area contributed by atoms with Gasteiger partial charge >= 0.3 is 5.97 Å². The molecule has 3 aromatic rings. The van der Waals surface area contributed by atoms with Gasteiger partial charge in [-0.3, -0.25) is 14.4 Å². The Morgan fingerprint density at radius 1 is 1.03 bits per heavy atom. The molecule has 0 atom stereocenters. The first-order chi connectivity index (χ1) is 14.8. The van der Waals surface area contributed by atoms with Gasteiger partial charge in [-0.25, -0.2) is 9.69 Å². The number of esters is 1. The van der Waals surface area contributed by atoms with Crippen LogP contribution in [0.4, 0.5) is 10.8 Å². The zero-order chi connectivity index (χ0) is 22.1. The topological polar surface area (TPSA) is 119 Å². The average Bonchev–Trinajstić information content (AvgIpc) is 3.28. The van der Waals surface area contributed by atoms with E-state index in [9.17, 15) is 19.2 Å². The van der Waals surface area contributed by atoms with Gasteiger partial charge in [-0.05, 0) is 43.7 Å². The second-order valence-corrected chi connectivity index (χ2v) is 7.91. The van der Waals surface area contributed by atoms with Crippen molar-refractivity contribution in [3.8, 4) is 0 Å². The van der Waals surface area contributed by atoms with Crippen LogP contribution in [0.1, 0.15) is 41.6 Å². The molecule has 0 bridgehead atoms. The summed E-state index contributed by atoms with van der Waals surface area (Å²) in [7, 11) is 0. The molecular formula is C21H16N4O5S. The maximum absolute atomic E-state index is 12.7. The first-order valence-corrected chi connectivity index (χ1v) is 10.0. The molecule has 0 saturated heterocycles. The van der Waals surface area contributed by atoms with Crippen LogP contribution in [-0.2, 0) is 9.53 Å². The van der Waals surface area contributed by atoms with Crippen molar-refractivity contribution in [2.75, 3.05) is 16.8 Å². The quantitative estimate of drug-likeness (QED) is 0.482. The Bertz CT molecular complexity index is 1240. The third-order valence-corrected chi connectivity index (χ3v) is 5.41. The van der Waals surface area contributed by atoms with Crippen LogP contribution < -0.4 is 10.2 Å². The Morgan fingerprint density at radius 3 is 2.48 bits per heavy atom. The van der Waals surface area contributed by atoms with Gasteiger partial charge in [0.1, 0.15) is 5.01 Å². The van der Waals surface area contributed by atoms with Gasteiger partial charge in [-0.2, -0.15) is 0 Å². The number of hydrogen-bond donors (Lipinski definition) is 1. The van der Waals surface area contributed by atoms with Crippen LogP contribution in [-0.4, -0.2) is 40.5 Å². The molecule has 1 aliphatic heterocycles. The number of nitrogens with zero attached hydrogens (tertiary/aromatic N) is 3. The molecule has 0 spiro atoms. The summed E-state index contributed by atoms with van der Waals surface area (Å²) < 4.78 is 5.06. The summed E-state index contributed by atoms with van der Waals surface area (Å²) in [6, 6.07) is 11.3. The number of fused-ring (bicyclic) bond motifs is 1. The van der Waals surface area contributed by atoms with Crippen molar-refractivity contribution in [1.29, 1.82) is 0 Å². The standard InChI is InChI=1S/C21H16N4O5S/c1-11-5-3-4-6-16(11)22-17(26)10-30-20(29)13-7-8-14-15(9-13)19(28)25(18(14)27)21-24-23-12(2)31-21/h3-9H,10H2,1-2H3,(H,22,26). The van der Waals surface area contributed by atoms with Crippen LogP contribution in [0.5, 0.6) is 0 Å². The molecule has 0 radical (unpaired) electrons. The van der Waals surface area contributed by atoms with Gasteiger partial charge in [0.05, 0.1) is 16.7 Å². The Kier molecular flexibility index (Phi) is 5.30. The SMILES string of the molecule is Cc1nnc(N2C(=O)c3ccc(C(=O)OCC(=O)Nc4ccccc4C)cc3C2=O)s1. The predicted molar refractivity (Wildman–Crippen MR) is 112 cm³/mol. The molecule has 4 rings (SSSR count). The summed E-state index contributed by atoms with van der Waals surface area (Å²) in [6.45, 7) is 3.06. The second-order valence-electron chi connectivity index (χ2n) is 6.75. The summed E-state index contributed by atoms with van der Waals surface area (Å²) in [4.78, 5) is 50.7. The Hall–Kier alpha value is -3.92. The molecule has 0 saturated carbocycles. The van der Waals surface area contributed by atoms with E-state index in [1.807, 2.05) is 19.1 Å². The Labute approximate surface area is 180 Å². The normalized spacial score (nSPS) is 12.6. The van der Waals surface area contributed by atoms with Gasteiger partial charge in [-0.15, -0.1) is 10.2 Å². The number of hydrogen-bond acceptors (Lipinski definition) is 8. The molecule has 1 aliphatic rings. The minimum absolute atomic E-state index is 0.0545. The molecular weight excluding hydrogens is 420 g/mol. The van der Waals surface area contributed by atoms with Crippen LogP contribution in [0.2, 0.25) is 0 Å². The van der Waals surface area contributed by atoms with Crippen LogP contribution in [0.3, 0.4) is 0 Å². The monoisotopic (exact) mass is 436 g/mol. The lowest BCUT2D eigenvalue weighted by Crippen LogP contribution is -2.29. The smallest absolute Gasteiger partial charge is 0.338 e. The molecule has 0 aliphatic carbocycles. The van der Waals surface area contributed by atoms with Crippen molar-refractivity contribution in [2.24, 2.45) is 0 Å². The van der Waals surface area contributed by atoms with Crippen molar-refractivity contribution in [1.82, 2.24) is 10.2 Å².